The third kappa shape index (κ3) is 2.72. The second-order valence-electron chi connectivity index (χ2n) is 5.61. The summed E-state index contributed by atoms with van der Waals surface area (Å²) in [5.74, 6) is 1.00. The van der Waals surface area contributed by atoms with Gasteiger partial charge < -0.3 is 9.73 Å². The quantitative estimate of drug-likeness (QED) is 0.757. The molecule has 2 aromatic carbocycles. The summed E-state index contributed by atoms with van der Waals surface area (Å²) in [6, 6.07) is 17.1. The van der Waals surface area contributed by atoms with Gasteiger partial charge in [-0.2, -0.15) is 0 Å². The minimum Gasteiger partial charge on any atom is -0.459 e. The largest absolute Gasteiger partial charge is 0.459 e. The molecule has 0 radical (unpaired) electrons. The summed E-state index contributed by atoms with van der Waals surface area (Å²) >= 11 is 0. The average Bonchev–Trinajstić information content (AvgIpc) is 2.92. The summed E-state index contributed by atoms with van der Waals surface area (Å²) in [5.41, 5.74) is 4.86. The van der Waals surface area contributed by atoms with Gasteiger partial charge in [0.15, 0.2) is 0 Å². The van der Waals surface area contributed by atoms with Crippen molar-refractivity contribution < 1.29 is 4.42 Å². The van der Waals surface area contributed by atoms with E-state index in [2.05, 4.69) is 67.7 Å². The molecule has 0 bridgehead atoms. The summed E-state index contributed by atoms with van der Waals surface area (Å²) in [7, 11) is 1.99. The van der Waals surface area contributed by atoms with Crippen LogP contribution in [-0.2, 0) is 6.42 Å². The van der Waals surface area contributed by atoms with E-state index in [1.807, 2.05) is 7.05 Å². The lowest BCUT2D eigenvalue weighted by atomic mass is 10.00. The first-order valence-electron chi connectivity index (χ1n) is 7.40. The van der Waals surface area contributed by atoms with Crippen LogP contribution in [0.25, 0.3) is 11.0 Å². The summed E-state index contributed by atoms with van der Waals surface area (Å²) in [4.78, 5) is 0. The van der Waals surface area contributed by atoms with Gasteiger partial charge in [-0.05, 0) is 50.1 Å². The van der Waals surface area contributed by atoms with E-state index in [9.17, 15) is 0 Å². The van der Waals surface area contributed by atoms with Gasteiger partial charge in [0.25, 0.3) is 0 Å². The molecule has 0 aliphatic rings. The van der Waals surface area contributed by atoms with Crippen molar-refractivity contribution in [1.29, 1.82) is 0 Å². The molecule has 1 N–H and O–H groups in total. The number of aryl methyl sites for hydroxylation is 2. The zero-order valence-electron chi connectivity index (χ0n) is 12.8. The smallest absolute Gasteiger partial charge is 0.137 e. The van der Waals surface area contributed by atoms with Crippen molar-refractivity contribution in [3.63, 3.8) is 0 Å². The van der Waals surface area contributed by atoms with Crippen molar-refractivity contribution >= 4 is 11.0 Å². The molecule has 0 aliphatic heterocycles. The van der Waals surface area contributed by atoms with Gasteiger partial charge in [0.2, 0.25) is 0 Å². The van der Waals surface area contributed by atoms with Gasteiger partial charge in [0.1, 0.15) is 11.3 Å². The Morgan fingerprint density at radius 2 is 1.76 bits per heavy atom. The van der Waals surface area contributed by atoms with E-state index in [0.717, 1.165) is 17.8 Å². The average molecular weight is 279 g/mol. The van der Waals surface area contributed by atoms with Crippen LogP contribution < -0.4 is 5.32 Å². The van der Waals surface area contributed by atoms with E-state index in [1.165, 1.54) is 22.1 Å². The first-order chi connectivity index (χ1) is 10.2. The van der Waals surface area contributed by atoms with E-state index in [-0.39, 0.29) is 6.04 Å². The lowest BCUT2D eigenvalue weighted by molar-refractivity contribution is 0.449. The number of fused-ring (bicyclic) bond motifs is 1. The first kappa shape index (κ1) is 13.9. The maximum absolute atomic E-state index is 6.10. The van der Waals surface area contributed by atoms with Gasteiger partial charge in [-0.15, -0.1) is 0 Å². The molecule has 3 aromatic rings. The normalized spacial score (nSPS) is 12.7. The second kappa shape index (κ2) is 5.74. The standard InChI is InChI=1S/C19H21NO/c1-13-7-4-5-9-15(13)11-17(20-3)18-12-16-10-6-8-14(2)19(16)21-18/h4-10,12,17,20H,11H2,1-3H3. The van der Waals surface area contributed by atoms with E-state index < -0.39 is 0 Å². The minimum atomic E-state index is 0.193. The molecule has 0 saturated carbocycles. The fraction of sp³-hybridized carbons (Fsp3) is 0.263. The third-order valence-corrected chi connectivity index (χ3v) is 4.14. The van der Waals surface area contributed by atoms with Crippen molar-refractivity contribution in [1.82, 2.24) is 5.32 Å². The van der Waals surface area contributed by atoms with Crippen molar-refractivity contribution in [2.24, 2.45) is 0 Å². The Labute approximate surface area is 125 Å². The molecule has 2 heteroatoms. The van der Waals surface area contributed by atoms with Crippen molar-refractivity contribution in [2.45, 2.75) is 26.3 Å². The number of benzene rings is 2. The predicted octanol–water partition coefficient (Wildman–Crippen LogP) is 4.55. The fourth-order valence-electron chi connectivity index (χ4n) is 2.80. The molecule has 0 saturated heterocycles. The summed E-state index contributed by atoms with van der Waals surface area (Å²) in [6.07, 6.45) is 0.933. The zero-order valence-corrected chi connectivity index (χ0v) is 12.8. The molecular weight excluding hydrogens is 258 g/mol. The van der Waals surface area contributed by atoms with Crippen LogP contribution in [0.1, 0.15) is 28.5 Å². The number of hydrogen-bond donors (Lipinski definition) is 1. The van der Waals surface area contributed by atoms with Crippen LogP contribution in [0.2, 0.25) is 0 Å². The summed E-state index contributed by atoms with van der Waals surface area (Å²) in [6.45, 7) is 4.25. The predicted molar refractivity (Wildman–Crippen MR) is 87.6 cm³/mol. The number of hydrogen-bond acceptors (Lipinski definition) is 2. The first-order valence-corrected chi connectivity index (χ1v) is 7.40. The highest BCUT2D eigenvalue weighted by atomic mass is 16.3. The third-order valence-electron chi connectivity index (χ3n) is 4.14. The highest BCUT2D eigenvalue weighted by Gasteiger charge is 2.16. The van der Waals surface area contributed by atoms with Gasteiger partial charge in [-0.1, -0.05) is 42.5 Å². The van der Waals surface area contributed by atoms with Crippen LogP contribution in [0, 0.1) is 13.8 Å². The van der Waals surface area contributed by atoms with Crippen LogP contribution >= 0.6 is 0 Å². The molecule has 1 atom stereocenters. The molecule has 1 aromatic heterocycles. The molecule has 1 unspecified atom stereocenters. The number of rotatable bonds is 4. The Kier molecular flexibility index (Phi) is 3.80. The number of nitrogens with one attached hydrogen (secondary N) is 1. The molecule has 21 heavy (non-hydrogen) atoms. The molecule has 1 heterocycles. The lowest BCUT2D eigenvalue weighted by Crippen LogP contribution is -2.18. The van der Waals surface area contributed by atoms with E-state index in [1.54, 1.807) is 0 Å². The molecule has 2 nitrogen and oxygen atoms in total. The van der Waals surface area contributed by atoms with Gasteiger partial charge in [-0.3, -0.25) is 0 Å². The maximum atomic E-state index is 6.10. The van der Waals surface area contributed by atoms with E-state index >= 15 is 0 Å². The number of furan rings is 1. The summed E-state index contributed by atoms with van der Waals surface area (Å²) < 4.78 is 6.10. The van der Waals surface area contributed by atoms with Gasteiger partial charge in [0.05, 0.1) is 6.04 Å². The number of likely N-dealkylation sites (N-methyl/N-ethyl adjacent to an activating group) is 1. The highest BCUT2D eigenvalue weighted by molar-refractivity contribution is 5.81. The Bertz CT molecular complexity index is 757. The summed E-state index contributed by atoms with van der Waals surface area (Å²) in [5, 5.41) is 4.56. The zero-order chi connectivity index (χ0) is 14.8. The molecule has 0 fully saturated rings. The Morgan fingerprint density at radius 1 is 1.00 bits per heavy atom. The molecule has 0 spiro atoms. The SMILES string of the molecule is CNC(Cc1ccccc1C)c1cc2cccc(C)c2o1. The molecule has 0 amide bonds. The van der Waals surface area contributed by atoms with Crippen molar-refractivity contribution in [2.75, 3.05) is 7.05 Å². The Balaban J connectivity index is 1.95. The Hall–Kier alpha value is -2.06. The van der Waals surface area contributed by atoms with Crippen LogP contribution in [0.4, 0.5) is 0 Å². The molecule has 3 rings (SSSR count). The molecule has 108 valence electrons. The van der Waals surface area contributed by atoms with Gasteiger partial charge in [0, 0.05) is 5.39 Å². The van der Waals surface area contributed by atoms with Crippen LogP contribution in [0.3, 0.4) is 0 Å². The van der Waals surface area contributed by atoms with Crippen LogP contribution in [-0.4, -0.2) is 7.05 Å². The van der Waals surface area contributed by atoms with E-state index in [4.69, 9.17) is 4.42 Å². The van der Waals surface area contributed by atoms with Crippen molar-refractivity contribution in [3.8, 4) is 0 Å². The fourth-order valence-corrected chi connectivity index (χ4v) is 2.80. The highest BCUT2D eigenvalue weighted by Crippen LogP contribution is 2.28. The molecular formula is C19H21NO. The number of para-hydroxylation sites is 1. The monoisotopic (exact) mass is 279 g/mol. The van der Waals surface area contributed by atoms with Gasteiger partial charge in [-0.25, -0.2) is 0 Å². The second-order valence-corrected chi connectivity index (χ2v) is 5.61. The van der Waals surface area contributed by atoms with Crippen LogP contribution in [0.15, 0.2) is 52.9 Å². The van der Waals surface area contributed by atoms with Crippen LogP contribution in [0.5, 0.6) is 0 Å². The van der Waals surface area contributed by atoms with Gasteiger partial charge >= 0.3 is 0 Å². The van der Waals surface area contributed by atoms with E-state index in [0.29, 0.717) is 0 Å². The van der Waals surface area contributed by atoms with Crippen molar-refractivity contribution in [3.05, 3.63) is 71.0 Å². The maximum Gasteiger partial charge on any atom is 0.137 e. The topological polar surface area (TPSA) is 25.2 Å². The molecule has 0 aliphatic carbocycles. The Morgan fingerprint density at radius 3 is 2.48 bits per heavy atom. The lowest BCUT2D eigenvalue weighted by Gasteiger charge is -2.15. The minimum absolute atomic E-state index is 0.193.